The molecule has 0 spiro atoms. The van der Waals surface area contributed by atoms with Crippen LogP contribution in [0.15, 0.2) is 4.99 Å². The third-order valence-electron chi connectivity index (χ3n) is 1.76. The SMILES string of the molecule is CSCCNC1=NCCCC1. The van der Waals surface area contributed by atoms with Crippen LogP contribution in [-0.4, -0.2) is 30.9 Å². The molecule has 0 saturated heterocycles. The summed E-state index contributed by atoms with van der Waals surface area (Å²) in [5.41, 5.74) is 0. The molecule has 0 aromatic rings. The van der Waals surface area contributed by atoms with Gasteiger partial charge in [0.1, 0.15) is 0 Å². The average molecular weight is 172 g/mol. The molecule has 0 bridgehead atoms. The van der Waals surface area contributed by atoms with Gasteiger partial charge in [-0.2, -0.15) is 11.8 Å². The second-order valence-electron chi connectivity index (χ2n) is 2.71. The molecule has 11 heavy (non-hydrogen) atoms. The Kier molecular flexibility index (Phi) is 4.43. The number of nitrogens with zero attached hydrogens (tertiary/aromatic N) is 1. The highest BCUT2D eigenvalue weighted by atomic mass is 32.2. The highest BCUT2D eigenvalue weighted by molar-refractivity contribution is 7.98. The Balaban J connectivity index is 2.09. The summed E-state index contributed by atoms with van der Waals surface area (Å²) >= 11 is 1.87. The Morgan fingerprint density at radius 1 is 1.55 bits per heavy atom. The van der Waals surface area contributed by atoms with Crippen LogP contribution in [0.25, 0.3) is 0 Å². The molecule has 0 aromatic carbocycles. The summed E-state index contributed by atoms with van der Waals surface area (Å²) in [4.78, 5) is 4.40. The monoisotopic (exact) mass is 172 g/mol. The zero-order valence-corrected chi connectivity index (χ0v) is 7.91. The second kappa shape index (κ2) is 5.47. The Bertz CT molecular complexity index is 134. The van der Waals surface area contributed by atoms with Crippen molar-refractivity contribution in [2.45, 2.75) is 19.3 Å². The molecule has 1 rings (SSSR count). The van der Waals surface area contributed by atoms with Gasteiger partial charge >= 0.3 is 0 Å². The van der Waals surface area contributed by atoms with Crippen LogP contribution in [0.4, 0.5) is 0 Å². The van der Waals surface area contributed by atoms with Gasteiger partial charge in [-0.3, -0.25) is 4.99 Å². The number of thioether (sulfide) groups is 1. The van der Waals surface area contributed by atoms with Crippen molar-refractivity contribution in [3.8, 4) is 0 Å². The Morgan fingerprint density at radius 2 is 2.45 bits per heavy atom. The Hall–Kier alpha value is -0.180. The van der Waals surface area contributed by atoms with Crippen LogP contribution in [0.5, 0.6) is 0 Å². The summed E-state index contributed by atoms with van der Waals surface area (Å²) in [5, 5.41) is 3.35. The molecule has 3 heteroatoms. The molecule has 0 saturated carbocycles. The van der Waals surface area contributed by atoms with Crippen molar-refractivity contribution in [1.82, 2.24) is 5.32 Å². The molecule has 0 aliphatic carbocycles. The standard InChI is InChI=1S/C8H16N2S/c1-11-7-6-10-8-4-2-3-5-9-8/h2-7H2,1H3,(H,9,10). The molecule has 0 amide bonds. The van der Waals surface area contributed by atoms with Gasteiger partial charge in [0, 0.05) is 25.3 Å². The number of amidine groups is 1. The van der Waals surface area contributed by atoms with Crippen molar-refractivity contribution >= 4 is 17.6 Å². The first-order valence-corrected chi connectivity index (χ1v) is 5.59. The summed E-state index contributed by atoms with van der Waals surface area (Å²) in [5.74, 6) is 2.41. The summed E-state index contributed by atoms with van der Waals surface area (Å²) < 4.78 is 0. The molecule has 0 radical (unpaired) electrons. The lowest BCUT2D eigenvalue weighted by Gasteiger charge is -2.12. The van der Waals surface area contributed by atoms with E-state index in [9.17, 15) is 0 Å². The van der Waals surface area contributed by atoms with Gasteiger partial charge in [-0.15, -0.1) is 0 Å². The van der Waals surface area contributed by atoms with Crippen LogP contribution in [0.1, 0.15) is 19.3 Å². The van der Waals surface area contributed by atoms with Crippen molar-refractivity contribution in [2.75, 3.05) is 25.1 Å². The fourth-order valence-electron chi connectivity index (χ4n) is 1.14. The van der Waals surface area contributed by atoms with Gasteiger partial charge in [-0.25, -0.2) is 0 Å². The van der Waals surface area contributed by atoms with Gasteiger partial charge in [-0.1, -0.05) is 0 Å². The van der Waals surface area contributed by atoms with Gasteiger partial charge in [0.25, 0.3) is 0 Å². The maximum absolute atomic E-state index is 4.40. The van der Waals surface area contributed by atoms with E-state index in [0.717, 1.165) is 19.5 Å². The van der Waals surface area contributed by atoms with E-state index in [1.165, 1.54) is 24.4 Å². The lowest BCUT2D eigenvalue weighted by molar-refractivity contribution is 0.712. The van der Waals surface area contributed by atoms with E-state index in [-0.39, 0.29) is 0 Å². The van der Waals surface area contributed by atoms with Crippen molar-refractivity contribution in [1.29, 1.82) is 0 Å². The molecule has 2 nitrogen and oxygen atoms in total. The molecular formula is C8H16N2S. The van der Waals surface area contributed by atoms with Crippen LogP contribution in [-0.2, 0) is 0 Å². The lowest BCUT2D eigenvalue weighted by atomic mass is 10.2. The quantitative estimate of drug-likeness (QED) is 0.653. The molecule has 0 atom stereocenters. The molecular weight excluding hydrogens is 156 g/mol. The number of hydrogen-bond acceptors (Lipinski definition) is 3. The summed E-state index contributed by atoms with van der Waals surface area (Å²) in [6.45, 7) is 2.10. The number of rotatable bonds is 3. The molecule has 64 valence electrons. The Morgan fingerprint density at radius 3 is 3.09 bits per heavy atom. The maximum atomic E-state index is 4.40. The molecule has 0 aromatic heterocycles. The number of nitrogens with one attached hydrogen (secondary N) is 1. The van der Waals surface area contributed by atoms with Gasteiger partial charge in [0.05, 0.1) is 5.84 Å². The molecule has 0 unspecified atom stereocenters. The van der Waals surface area contributed by atoms with E-state index in [2.05, 4.69) is 16.6 Å². The van der Waals surface area contributed by atoms with Crippen LogP contribution < -0.4 is 5.32 Å². The van der Waals surface area contributed by atoms with E-state index >= 15 is 0 Å². The number of aliphatic imine (C=N–C) groups is 1. The molecule has 1 aliphatic rings. The van der Waals surface area contributed by atoms with Gasteiger partial charge in [0.2, 0.25) is 0 Å². The van der Waals surface area contributed by atoms with Crippen LogP contribution >= 0.6 is 11.8 Å². The van der Waals surface area contributed by atoms with E-state index in [4.69, 9.17) is 0 Å². The van der Waals surface area contributed by atoms with Crippen LogP contribution in [0, 0.1) is 0 Å². The van der Waals surface area contributed by atoms with Gasteiger partial charge < -0.3 is 5.32 Å². The third kappa shape index (κ3) is 3.65. The smallest absolute Gasteiger partial charge is 0.0963 e. The summed E-state index contributed by atoms with van der Waals surface area (Å²) in [6, 6.07) is 0. The average Bonchev–Trinajstić information content (AvgIpc) is 2.07. The van der Waals surface area contributed by atoms with Gasteiger partial charge in [-0.05, 0) is 19.1 Å². The highest BCUT2D eigenvalue weighted by Crippen LogP contribution is 2.03. The zero-order valence-electron chi connectivity index (χ0n) is 7.10. The van der Waals surface area contributed by atoms with Crippen LogP contribution in [0.2, 0.25) is 0 Å². The zero-order chi connectivity index (χ0) is 7.94. The van der Waals surface area contributed by atoms with Crippen molar-refractivity contribution in [2.24, 2.45) is 4.99 Å². The fourth-order valence-corrected chi connectivity index (χ4v) is 1.45. The van der Waals surface area contributed by atoms with Crippen molar-refractivity contribution in [3.63, 3.8) is 0 Å². The van der Waals surface area contributed by atoms with Crippen molar-refractivity contribution in [3.05, 3.63) is 0 Å². The normalized spacial score (nSPS) is 17.7. The minimum absolute atomic E-state index is 1.03. The minimum atomic E-state index is 1.03. The predicted octanol–water partition coefficient (Wildman–Crippen LogP) is 1.52. The first-order chi connectivity index (χ1) is 5.43. The minimum Gasteiger partial charge on any atom is -0.373 e. The van der Waals surface area contributed by atoms with E-state index in [1.807, 2.05) is 11.8 Å². The first-order valence-electron chi connectivity index (χ1n) is 4.19. The second-order valence-corrected chi connectivity index (χ2v) is 3.69. The van der Waals surface area contributed by atoms with E-state index in [1.54, 1.807) is 0 Å². The summed E-state index contributed by atoms with van der Waals surface area (Å²) in [6.07, 6.45) is 5.87. The largest absolute Gasteiger partial charge is 0.373 e. The molecule has 0 fully saturated rings. The van der Waals surface area contributed by atoms with Crippen molar-refractivity contribution < 1.29 is 0 Å². The fraction of sp³-hybridized carbons (Fsp3) is 0.875. The van der Waals surface area contributed by atoms with E-state index in [0.29, 0.717) is 0 Å². The summed E-state index contributed by atoms with van der Waals surface area (Å²) in [7, 11) is 0. The predicted molar refractivity (Wildman–Crippen MR) is 52.5 cm³/mol. The molecule has 1 N–H and O–H groups in total. The van der Waals surface area contributed by atoms with Gasteiger partial charge in [0.15, 0.2) is 0 Å². The third-order valence-corrected chi connectivity index (χ3v) is 2.37. The highest BCUT2D eigenvalue weighted by Gasteiger charge is 2.02. The molecule has 1 heterocycles. The first kappa shape index (κ1) is 8.91. The Labute approximate surface area is 72.9 Å². The number of hydrogen-bond donors (Lipinski definition) is 1. The van der Waals surface area contributed by atoms with Crippen LogP contribution in [0.3, 0.4) is 0 Å². The molecule has 1 aliphatic heterocycles. The maximum Gasteiger partial charge on any atom is 0.0963 e. The topological polar surface area (TPSA) is 24.4 Å². The van der Waals surface area contributed by atoms with E-state index < -0.39 is 0 Å². The lowest BCUT2D eigenvalue weighted by Crippen LogP contribution is -2.27.